The SMILES string of the molecule is NC(=O)c1cc2ccccc2oc1=Nc1ccc(Cl)cc1Cl. The summed E-state index contributed by atoms with van der Waals surface area (Å²) in [6.45, 7) is 0. The minimum absolute atomic E-state index is 0.107. The van der Waals surface area contributed by atoms with Crippen LogP contribution in [0.3, 0.4) is 0 Å². The van der Waals surface area contributed by atoms with E-state index >= 15 is 0 Å². The zero-order valence-electron chi connectivity index (χ0n) is 11.2. The molecule has 0 radical (unpaired) electrons. The lowest BCUT2D eigenvalue weighted by Gasteiger charge is -2.03. The predicted molar refractivity (Wildman–Crippen MR) is 86.4 cm³/mol. The lowest BCUT2D eigenvalue weighted by molar-refractivity contribution is 0.0996. The van der Waals surface area contributed by atoms with Gasteiger partial charge in [-0.15, -0.1) is 0 Å². The molecule has 2 N–H and O–H groups in total. The van der Waals surface area contributed by atoms with E-state index < -0.39 is 5.91 Å². The maximum absolute atomic E-state index is 11.6. The van der Waals surface area contributed by atoms with E-state index in [4.69, 9.17) is 33.4 Å². The number of fused-ring (bicyclic) bond motifs is 1. The molecular weight excluding hydrogens is 323 g/mol. The summed E-state index contributed by atoms with van der Waals surface area (Å²) >= 11 is 11.9. The zero-order chi connectivity index (χ0) is 15.7. The highest BCUT2D eigenvalue weighted by Gasteiger charge is 2.10. The third kappa shape index (κ3) is 2.84. The van der Waals surface area contributed by atoms with Gasteiger partial charge in [0.15, 0.2) is 0 Å². The quantitative estimate of drug-likeness (QED) is 0.768. The van der Waals surface area contributed by atoms with Crippen molar-refractivity contribution in [2.45, 2.75) is 0 Å². The van der Waals surface area contributed by atoms with Gasteiger partial charge in [0.05, 0.1) is 10.7 Å². The molecule has 0 bridgehead atoms. The molecule has 0 saturated carbocycles. The van der Waals surface area contributed by atoms with Gasteiger partial charge in [-0.3, -0.25) is 4.79 Å². The minimum Gasteiger partial charge on any atom is -0.438 e. The summed E-state index contributed by atoms with van der Waals surface area (Å²) in [6, 6.07) is 13.8. The Bertz CT molecular complexity index is 948. The minimum atomic E-state index is -0.627. The first-order valence-electron chi connectivity index (χ1n) is 6.37. The Hall–Kier alpha value is -2.30. The monoisotopic (exact) mass is 332 g/mol. The first-order chi connectivity index (χ1) is 10.5. The van der Waals surface area contributed by atoms with Gasteiger partial charge in [-0.2, -0.15) is 0 Å². The number of carbonyl (C=O) groups excluding carboxylic acids is 1. The van der Waals surface area contributed by atoms with Crippen molar-refractivity contribution < 1.29 is 9.21 Å². The summed E-state index contributed by atoms with van der Waals surface area (Å²) < 4.78 is 5.68. The van der Waals surface area contributed by atoms with Crippen LogP contribution >= 0.6 is 23.2 Å². The second-order valence-electron chi connectivity index (χ2n) is 4.57. The van der Waals surface area contributed by atoms with Crippen LogP contribution in [0.15, 0.2) is 57.9 Å². The van der Waals surface area contributed by atoms with Crippen LogP contribution in [0.25, 0.3) is 11.0 Å². The van der Waals surface area contributed by atoms with Gasteiger partial charge in [0.1, 0.15) is 11.1 Å². The normalized spacial score (nSPS) is 11.8. The number of para-hydroxylation sites is 1. The molecule has 0 fully saturated rings. The van der Waals surface area contributed by atoms with Crippen molar-refractivity contribution in [1.29, 1.82) is 0 Å². The highest BCUT2D eigenvalue weighted by atomic mass is 35.5. The standard InChI is InChI=1S/C16H10Cl2N2O2/c17-10-5-6-13(12(18)8-10)20-16-11(15(19)21)7-9-3-1-2-4-14(9)22-16/h1-8H,(H2,19,21). The molecule has 1 heterocycles. The Morgan fingerprint density at radius 3 is 2.59 bits per heavy atom. The Morgan fingerprint density at radius 2 is 1.86 bits per heavy atom. The fraction of sp³-hybridized carbons (Fsp3) is 0. The van der Waals surface area contributed by atoms with E-state index in [-0.39, 0.29) is 11.1 Å². The van der Waals surface area contributed by atoms with Gasteiger partial charge in [0, 0.05) is 10.4 Å². The molecular formula is C16H10Cl2N2O2. The van der Waals surface area contributed by atoms with Gasteiger partial charge < -0.3 is 10.2 Å². The van der Waals surface area contributed by atoms with Crippen LogP contribution in [0.5, 0.6) is 0 Å². The van der Waals surface area contributed by atoms with Crippen LogP contribution in [0.1, 0.15) is 10.4 Å². The first kappa shape index (κ1) is 14.6. The van der Waals surface area contributed by atoms with Crippen LogP contribution in [-0.4, -0.2) is 5.91 Å². The molecule has 1 amide bonds. The maximum atomic E-state index is 11.6. The number of nitrogens with two attached hydrogens (primary N) is 1. The van der Waals surface area contributed by atoms with Gasteiger partial charge in [-0.05, 0) is 30.3 Å². The Balaban J connectivity index is 2.30. The first-order valence-corrected chi connectivity index (χ1v) is 7.12. The van der Waals surface area contributed by atoms with Crippen molar-refractivity contribution in [2.24, 2.45) is 10.7 Å². The van der Waals surface area contributed by atoms with E-state index in [2.05, 4.69) is 4.99 Å². The predicted octanol–water partition coefficient (Wildman–Crippen LogP) is 4.07. The molecule has 2 aromatic carbocycles. The largest absolute Gasteiger partial charge is 0.438 e. The third-order valence-electron chi connectivity index (χ3n) is 3.05. The summed E-state index contributed by atoms with van der Waals surface area (Å²) in [7, 11) is 0. The molecule has 1 aromatic heterocycles. The smallest absolute Gasteiger partial charge is 0.254 e. The Kier molecular flexibility index (Phi) is 3.88. The van der Waals surface area contributed by atoms with Crippen LogP contribution in [0.2, 0.25) is 10.0 Å². The molecule has 3 aromatic rings. The fourth-order valence-electron chi connectivity index (χ4n) is 2.01. The van der Waals surface area contributed by atoms with Crippen molar-refractivity contribution >= 4 is 45.8 Å². The number of hydrogen-bond donors (Lipinski definition) is 1. The highest BCUT2D eigenvalue weighted by molar-refractivity contribution is 6.36. The lowest BCUT2D eigenvalue weighted by Crippen LogP contribution is -2.21. The molecule has 0 aliphatic rings. The fourth-order valence-corrected chi connectivity index (χ4v) is 2.46. The summed E-state index contributed by atoms with van der Waals surface area (Å²) in [5.74, 6) is -0.627. The Morgan fingerprint density at radius 1 is 1.09 bits per heavy atom. The van der Waals surface area contributed by atoms with E-state index in [1.165, 1.54) is 0 Å². The van der Waals surface area contributed by atoms with Gasteiger partial charge in [-0.25, -0.2) is 4.99 Å². The molecule has 4 nitrogen and oxygen atoms in total. The number of nitrogens with zero attached hydrogens (tertiary/aromatic N) is 1. The molecule has 22 heavy (non-hydrogen) atoms. The van der Waals surface area contributed by atoms with E-state index in [1.807, 2.05) is 18.2 Å². The number of rotatable bonds is 2. The summed E-state index contributed by atoms with van der Waals surface area (Å²) in [5, 5.41) is 1.61. The third-order valence-corrected chi connectivity index (χ3v) is 3.59. The van der Waals surface area contributed by atoms with E-state index in [1.54, 1.807) is 30.3 Å². The van der Waals surface area contributed by atoms with Crippen molar-refractivity contribution in [3.05, 3.63) is 69.7 Å². The number of primary amides is 1. The molecule has 0 atom stereocenters. The molecule has 110 valence electrons. The van der Waals surface area contributed by atoms with Gasteiger partial charge in [-0.1, -0.05) is 41.4 Å². The number of amides is 1. The summed E-state index contributed by atoms with van der Waals surface area (Å²) in [4.78, 5) is 15.9. The lowest BCUT2D eigenvalue weighted by atomic mass is 10.2. The van der Waals surface area contributed by atoms with Gasteiger partial charge >= 0.3 is 0 Å². The molecule has 0 spiro atoms. The van der Waals surface area contributed by atoms with Crippen molar-refractivity contribution in [1.82, 2.24) is 0 Å². The zero-order valence-corrected chi connectivity index (χ0v) is 12.7. The number of halogens is 2. The second kappa shape index (κ2) is 5.83. The highest BCUT2D eigenvalue weighted by Crippen LogP contribution is 2.27. The maximum Gasteiger partial charge on any atom is 0.254 e. The van der Waals surface area contributed by atoms with Crippen molar-refractivity contribution in [3.63, 3.8) is 0 Å². The molecule has 0 unspecified atom stereocenters. The van der Waals surface area contributed by atoms with Gasteiger partial charge in [0.2, 0.25) is 5.55 Å². The number of carbonyl (C=O) groups is 1. The van der Waals surface area contributed by atoms with Crippen LogP contribution in [-0.2, 0) is 0 Å². The van der Waals surface area contributed by atoms with E-state index in [9.17, 15) is 4.79 Å². The number of benzene rings is 2. The van der Waals surface area contributed by atoms with Gasteiger partial charge in [0.25, 0.3) is 5.91 Å². The molecule has 0 saturated heterocycles. The molecule has 6 heteroatoms. The van der Waals surface area contributed by atoms with Crippen LogP contribution in [0.4, 0.5) is 5.69 Å². The number of hydrogen-bond acceptors (Lipinski definition) is 3. The van der Waals surface area contributed by atoms with E-state index in [0.717, 1.165) is 5.39 Å². The molecule has 0 aliphatic carbocycles. The molecule has 0 aliphatic heterocycles. The second-order valence-corrected chi connectivity index (χ2v) is 5.42. The molecule has 3 rings (SSSR count). The van der Waals surface area contributed by atoms with E-state index in [0.29, 0.717) is 21.3 Å². The van der Waals surface area contributed by atoms with Crippen LogP contribution in [0, 0.1) is 0 Å². The topological polar surface area (TPSA) is 68.6 Å². The Labute approximate surface area is 135 Å². The summed E-state index contributed by atoms with van der Waals surface area (Å²) in [5.41, 5.74) is 6.73. The average Bonchev–Trinajstić information content (AvgIpc) is 2.49. The van der Waals surface area contributed by atoms with Crippen molar-refractivity contribution in [2.75, 3.05) is 0 Å². The summed E-state index contributed by atoms with van der Waals surface area (Å²) in [6.07, 6.45) is 0. The van der Waals surface area contributed by atoms with Crippen LogP contribution < -0.4 is 11.3 Å². The average molecular weight is 333 g/mol. The van der Waals surface area contributed by atoms with Crippen molar-refractivity contribution in [3.8, 4) is 0 Å².